The monoisotopic (exact) mass is 264 g/mol. The molecule has 2 N–H and O–H groups in total. The Morgan fingerprint density at radius 2 is 2.21 bits per heavy atom. The van der Waals surface area contributed by atoms with E-state index < -0.39 is 0 Å². The topological polar surface area (TPSA) is 38.5 Å². The average molecular weight is 264 g/mol. The lowest BCUT2D eigenvalue weighted by Crippen LogP contribution is -2.20. The number of rotatable bonds is 6. The van der Waals surface area contributed by atoms with E-state index in [4.69, 9.17) is 10.5 Å². The van der Waals surface area contributed by atoms with Crippen molar-refractivity contribution >= 4 is 0 Å². The van der Waals surface area contributed by atoms with Crippen LogP contribution in [0, 0.1) is 17.7 Å². The quantitative estimate of drug-likeness (QED) is 0.626. The molecular formula is C15H21FN2O. The molecule has 0 aliphatic rings. The largest absolute Gasteiger partial charge is 0.385 e. The number of benzene rings is 1. The van der Waals surface area contributed by atoms with Crippen LogP contribution in [0.3, 0.4) is 0 Å². The van der Waals surface area contributed by atoms with Crippen LogP contribution < -0.4 is 5.73 Å². The lowest BCUT2D eigenvalue weighted by atomic mass is 10.1. The molecule has 3 nitrogen and oxygen atoms in total. The van der Waals surface area contributed by atoms with E-state index in [2.05, 4.69) is 16.7 Å². The van der Waals surface area contributed by atoms with Crippen LogP contribution in [0.15, 0.2) is 18.2 Å². The summed E-state index contributed by atoms with van der Waals surface area (Å²) in [5, 5.41) is 0. The molecule has 0 heterocycles. The molecule has 0 unspecified atom stereocenters. The maximum Gasteiger partial charge on any atom is 0.124 e. The maximum atomic E-state index is 13.2. The third-order valence-corrected chi connectivity index (χ3v) is 2.73. The molecule has 0 aromatic heterocycles. The molecule has 0 radical (unpaired) electrons. The number of ether oxygens (including phenoxy) is 1. The van der Waals surface area contributed by atoms with Gasteiger partial charge in [-0.25, -0.2) is 4.39 Å². The summed E-state index contributed by atoms with van der Waals surface area (Å²) in [7, 11) is 3.72. The number of hydrogen-bond donors (Lipinski definition) is 1. The zero-order valence-electron chi connectivity index (χ0n) is 11.6. The zero-order valence-corrected chi connectivity index (χ0v) is 11.6. The molecule has 0 saturated heterocycles. The molecule has 0 saturated carbocycles. The van der Waals surface area contributed by atoms with Gasteiger partial charge in [0.05, 0.1) is 6.54 Å². The van der Waals surface area contributed by atoms with Crippen LogP contribution in [-0.4, -0.2) is 38.8 Å². The van der Waals surface area contributed by atoms with Crippen LogP contribution in [0.4, 0.5) is 4.39 Å². The lowest BCUT2D eigenvalue weighted by molar-refractivity contribution is 0.178. The van der Waals surface area contributed by atoms with E-state index in [-0.39, 0.29) is 12.4 Å². The van der Waals surface area contributed by atoms with Crippen LogP contribution in [0.2, 0.25) is 0 Å². The van der Waals surface area contributed by atoms with E-state index in [1.807, 2.05) is 7.05 Å². The Balaban J connectivity index is 2.71. The molecular weight excluding hydrogens is 243 g/mol. The van der Waals surface area contributed by atoms with Crippen molar-refractivity contribution in [3.8, 4) is 11.8 Å². The van der Waals surface area contributed by atoms with Gasteiger partial charge in [0.25, 0.3) is 0 Å². The maximum absolute atomic E-state index is 13.2. The second-order valence-corrected chi connectivity index (χ2v) is 4.39. The van der Waals surface area contributed by atoms with Gasteiger partial charge in [-0.1, -0.05) is 17.9 Å². The number of methoxy groups -OCH3 is 1. The summed E-state index contributed by atoms with van der Waals surface area (Å²) in [6, 6.07) is 4.70. The highest BCUT2D eigenvalue weighted by Gasteiger charge is 2.05. The summed E-state index contributed by atoms with van der Waals surface area (Å²) >= 11 is 0. The van der Waals surface area contributed by atoms with E-state index in [1.54, 1.807) is 13.2 Å². The van der Waals surface area contributed by atoms with Gasteiger partial charge in [0.2, 0.25) is 0 Å². The van der Waals surface area contributed by atoms with E-state index in [1.165, 1.54) is 12.1 Å². The van der Waals surface area contributed by atoms with Crippen molar-refractivity contribution in [3.05, 3.63) is 35.1 Å². The predicted octanol–water partition coefficient (Wildman–Crippen LogP) is 1.60. The Labute approximate surface area is 114 Å². The molecule has 19 heavy (non-hydrogen) atoms. The number of nitrogens with two attached hydrogens (primary N) is 1. The van der Waals surface area contributed by atoms with Gasteiger partial charge in [-0.2, -0.15) is 0 Å². The van der Waals surface area contributed by atoms with Crippen molar-refractivity contribution in [2.24, 2.45) is 5.73 Å². The van der Waals surface area contributed by atoms with Crippen molar-refractivity contribution in [1.82, 2.24) is 4.90 Å². The first kappa shape index (κ1) is 15.6. The first-order valence-electron chi connectivity index (χ1n) is 6.32. The minimum atomic E-state index is -0.271. The SMILES string of the molecule is COCCCN(C)Cc1ccc(F)cc1C#CCN. The van der Waals surface area contributed by atoms with Gasteiger partial charge in [0.15, 0.2) is 0 Å². The Hall–Kier alpha value is -1.41. The van der Waals surface area contributed by atoms with Crippen LogP contribution in [0.1, 0.15) is 17.5 Å². The Morgan fingerprint density at radius 3 is 2.89 bits per heavy atom. The van der Waals surface area contributed by atoms with E-state index >= 15 is 0 Å². The molecule has 0 atom stereocenters. The molecule has 0 aliphatic heterocycles. The average Bonchev–Trinajstić information content (AvgIpc) is 2.39. The normalized spacial score (nSPS) is 10.4. The number of nitrogens with zero attached hydrogens (tertiary/aromatic N) is 1. The van der Waals surface area contributed by atoms with Crippen molar-refractivity contribution in [2.45, 2.75) is 13.0 Å². The summed E-state index contributed by atoms with van der Waals surface area (Å²) in [6.07, 6.45) is 0.970. The highest BCUT2D eigenvalue weighted by molar-refractivity contribution is 5.41. The molecule has 0 fully saturated rings. The molecule has 0 bridgehead atoms. The van der Waals surface area contributed by atoms with Gasteiger partial charge < -0.3 is 15.4 Å². The van der Waals surface area contributed by atoms with Gasteiger partial charge in [0, 0.05) is 32.4 Å². The van der Waals surface area contributed by atoms with Crippen molar-refractivity contribution in [1.29, 1.82) is 0 Å². The fraction of sp³-hybridized carbons (Fsp3) is 0.467. The first-order valence-corrected chi connectivity index (χ1v) is 6.32. The fourth-order valence-electron chi connectivity index (χ4n) is 1.80. The summed E-state index contributed by atoms with van der Waals surface area (Å²) in [4.78, 5) is 2.17. The molecule has 1 aromatic carbocycles. The van der Waals surface area contributed by atoms with E-state index in [0.29, 0.717) is 5.56 Å². The predicted molar refractivity (Wildman–Crippen MR) is 75.2 cm³/mol. The second kappa shape index (κ2) is 8.65. The molecule has 1 aromatic rings. The van der Waals surface area contributed by atoms with Crippen LogP contribution in [-0.2, 0) is 11.3 Å². The van der Waals surface area contributed by atoms with Gasteiger partial charge in [-0.05, 0) is 31.2 Å². The fourth-order valence-corrected chi connectivity index (χ4v) is 1.80. The van der Waals surface area contributed by atoms with Crippen LogP contribution in [0.5, 0.6) is 0 Å². The van der Waals surface area contributed by atoms with Crippen LogP contribution in [0.25, 0.3) is 0 Å². The van der Waals surface area contributed by atoms with Gasteiger partial charge in [0.1, 0.15) is 5.82 Å². The summed E-state index contributed by atoms with van der Waals surface area (Å²) in [6.45, 7) is 2.68. The lowest BCUT2D eigenvalue weighted by Gasteiger charge is -2.17. The van der Waals surface area contributed by atoms with Gasteiger partial charge in [-0.3, -0.25) is 0 Å². The van der Waals surface area contributed by atoms with Gasteiger partial charge in [-0.15, -0.1) is 0 Å². The Kier molecular flexibility index (Phi) is 7.12. The van der Waals surface area contributed by atoms with Gasteiger partial charge >= 0.3 is 0 Å². The summed E-state index contributed by atoms with van der Waals surface area (Å²) in [5.74, 6) is 5.42. The zero-order chi connectivity index (χ0) is 14.1. The standard InChI is InChI=1S/C15H21FN2O/c1-18(9-4-10-19-2)12-14-6-7-15(16)11-13(14)5-3-8-17/h6-7,11H,4,8-10,12,17H2,1-2H3. The molecule has 0 aliphatic carbocycles. The highest BCUT2D eigenvalue weighted by Crippen LogP contribution is 2.12. The van der Waals surface area contributed by atoms with Crippen molar-refractivity contribution < 1.29 is 9.13 Å². The first-order chi connectivity index (χ1) is 9.17. The Bertz CT molecular complexity index is 451. The summed E-state index contributed by atoms with van der Waals surface area (Å²) < 4.78 is 18.3. The highest BCUT2D eigenvalue weighted by atomic mass is 19.1. The third-order valence-electron chi connectivity index (χ3n) is 2.73. The second-order valence-electron chi connectivity index (χ2n) is 4.39. The summed E-state index contributed by atoms with van der Waals surface area (Å²) in [5.41, 5.74) is 7.08. The molecule has 104 valence electrons. The third kappa shape index (κ3) is 5.84. The van der Waals surface area contributed by atoms with Crippen molar-refractivity contribution in [2.75, 3.05) is 33.9 Å². The van der Waals surface area contributed by atoms with Crippen molar-refractivity contribution in [3.63, 3.8) is 0 Å². The number of hydrogen-bond acceptors (Lipinski definition) is 3. The minimum Gasteiger partial charge on any atom is -0.385 e. The van der Waals surface area contributed by atoms with E-state index in [9.17, 15) is 4.39 Å². The molecule has 1 rings (SSSR count). The van der Waals surface area contributed by atoms with Crippen LogP contribution >= 0.6 is 0 Å². The Morgan fingerprint density at radius 1 is 1.42 bits per heavy atom. The smallest absolute Gasteiger partial charge is 0.124 e. The van der Waals surface area contributed by atoms with E-state index in [0.717, 1.165) is 31.7 Å². The molecule has 0 spiro atoms. The number of halogens is 1. The molecule has 4 heteroatoms. The molecule has 0 amide bonds. The minimum absolute atomic E-state index is 0.271.